The quantitative estimate of drug-likeness (QED) is 0.717. The van der Waals surface area contributed by atoms with E-state index in [9.17, 15) is 9.18 Å². The molecule has 0 radical (unpaired) electrons. The molecule has 0 N–H and O–H groups in total. The number of carbonyl (C=O) groups excluding carboxylic acids is 1. The second-order valence-electron chi connectivity index (χ2n) is 5.88. The molecule has 1 aliphatic rings. The van der Waals surface area contributed by atoms with Gasteiger partial charge in [-0.05, 0) is 30.3 Å². The van der Waals surface area contributed by atoms with Gasteiger partial charge in [0.2, 0.25) is 0 Å². The van der Waals surface area contributed by atoms with Crippen LogP contribution in [-0.2, 0) is 0 Å². The SMILES string of the molecule is O=C(c1cnc2nccnc2c1)N1CCN(c2ccc(F)cc2)CC1. The highest BCUT2D eigenvalue weighted by Gasteiger charge is 2.23. The van der Waals surface area contributed by atoms with Gasteiger partial charge in [-0.1, -0.05) is 0 Å². The van der Waals surface area contributed by atoms with Crippen LogP contribution in [0.3, 0.4) is 0 Å². The Morgan fingerprint density at radius 2 is 1.68 bits per heavy atom. The molecule has 2 aromatic heterocycles. The van der Waals surface area contributed by atoms with Crippen molar-refractivity contribution in [2.24, 2.45) is 0 Å². The summed E-state index contributed by atoms with van der Waals surface area (Å²) >= 11 is 0. The number of aromatic nitrogens is 3. The first-order valence-corrected chi connectivity index (χ1v) is 8.07. The van der Waals surface area contributed by atoms with Crippen LogP contribution in [0.25, 0.3) is 11.2 Å². The fourth-order valence-corrected chi connectivity index (χ4v) is 2.98. The molecule has 0 unspecified atom stereocenters. The van der Waals surface area contributed by atoms with Crippen LogP contribution >= 0.6 is 0 Å². The molecule has 7 heteroatoms. The van der Waals surface area contributed by atoms with E-state index >= 15 is 0 Å². The predicted octanol–water partition coefficient (Wildman–Crippen LogP) is 2.13. The highest BCUT2D eigenvalue weighted by molar-refractivity contribution is 5.96. The molecule has 0 spiro atoms. The number of benzene rings is 1. The average molecular weight is 337 g/mol. The Morgan fingerprint density at radius 1 is 0.960 bits per heavy atom. The Hall–Kier alpha value is -3.09. The largest absolute Gasteiger partial charge is 0.368 e. The van der Waals surface area contributed by atoms with Crippen LogP contribution in [0.1, 0.15) is 10.4 Å². The smallest absolute Gasteiger partial charge is 0.255 e. The molecule has 25 heavy (non-hydrogen) atoms. The zero-order valence-electron chi connectivity index (χ0n) is 13.5. The number of fused-ring (bicyclic) bond motifs is 1. The van der Waals surface area contributed by atoms with Gasteiger partial charge in [0.25, 0.3) is 5.91 Å². The van der Waals surface area contributed by atoms with Gasteiger partial charge in [0.05, 0.1) is 5.56 Å². The summed E-state index contributed by atoms with van der Waals surface area (Å²) in [6, 6.07) is 8.16. The lowest BCUT2D eigenvalue weighted by Crippen LogP contribution is -2.48. The summed E-state index contributed by atoms with van der Waals surface area (Å²) in [5.74, 6) is -0.303. The van der Waals surface area contributed by atoms with Crippen molar-refractivity contribution in [1.82, 2.24) is 19.9 Å². The van der Waals surface area contributed by atoms with E-state index in [0.717, 1.165) is 5.69 Å². The van der Waals surface area contributed by atoms with Gasteiger partial charge in [-0.25, -0.2) is 14.4 Å². The van der Waals surface area contributed by atoms with Gasteiger partial charge in [-0.3, -0.25) is 9.78 Å². The third-order valence-corrected chi connectivity index (χ3v) is 4.33. The Bertz CT molecular complexity index is 907. The first-order valence-electron chi connectivity index (χ1n) is 8.07. The summed E-state index contributed by atoms with van der Waals surface area (Å²) in [5.41, 5.74) is 2.62. The van der Waals surface area contributed by atoms with Crippen LogP contribution in [0.15, 0.2) is 48.9 Å². The van der Waals surface area contributed by atoms with E-state index in [0.29, 0.717) is 42.9 Å². The normalized spacial score (nSPS) is 14.8. The maximum absolute atomic E-state index is 13.0. The summed E-state index contributed by atoms with van der Waals surface area (Å²) in [6.07, 6.45) is 4.71. The topological polar surface area (TPSA) is 62.2 Å². The standard InChI is InChI=1S/C18H16FN5O/c19-14-1-3-15(4-2-14)23-7-9-24(10-8-23)18(25)13-11-16-17(22-12-13)21-6-5-20-16/h1-6,11-12H,7-10H2. The van der Waals surface area contributed by atoms with E-state index in [2.05, 4.69) is 19.9 Å². The van der Waals surface area contributed by atoms with Gasteiger partial charge < -0.3 is 9.80 Å². The number of amides is 1. The van der Waals surface area contributed by atoms with Crippen molar-refractivity contribution in [2.75, 3.05) is 31.1 Å². The fourth-order valence-electron chi connectivity index (χ4n) is 2.98. The molecular weight excluding hydrogens is 321 g/mol. The number of nitrogens with zero attached hydrogens (tertiary/aromatic N) is 5. The highest BCUT2D eigenvalue weighted by atomic mass is 19.1. The van der Waals surface area contributed by atoms with Crippen molar-refractivity contribution >= 4 is 22.8 Å². The second-order valence-corrected chi connectivity index (χ2v) is 5.88. The van der Waals surface area contributed by atoms with Gasteiger partial charge >= 0.3 is 0 Å². The molecule has 6 nitrogen and oxygen atoms in total. The third kappa shape index (κ3) is 3.13. The van der Waals surface area contributed by atoms with E-state index < -0.39 is 0 Å². The summed E-state index contributed by atoms with van der Waals surface area (Å²) in [5, 5.41) is 0. The Labute approximate surface area is 143 Å². The fraction of sp³-hybridized carbons (Fsp3) is 0.222. The van der Waals surface area contributed by atoms with E-state index in [1.807, 2.05) is 0 Å². The molecular formula is C18H16FN5O. The molecule has 3 aromatic rings. The summed E-state index contributed by atoms with van der Waals surface area (Å²) in [7, 11) is 0. The number of anilines is 1. The first kappa shape index (κ1) is 15.4. The molecule has 126 valence electrons. The van der Waals surface area contributed by atoms with Crippen LogP contribution in [0.4, 0.5) is 10.1 Å². The summed E-state index contributed by atoms with van der Waals surface area (Å²) in [4.78, 5) is 29.2. The monoisotopic (exact) mass is 337 g/mol. The van der Waals surface area contributed by atoms with E-state index in [-0.39, 0.29) is 11.7 Å². The highest BCUT2D eigenvalue weighted by Crippen LogP contribution is 2.18. The summed E-state index contributed by atoms with van der Waals surface area (Å²) in [6.45, 7) is 2.62. The van der Waals surface area contributed by atoms with Crippen LogP contribution in [0, 0.1) is 5.82 Å². The number of pyridine rings is 1. The van der Waals surface area contributed by atoms with Crippen LogP contribution in [0.5, 0.6) is 0 Å². The Balaban J connectivity index is 1.46. The second kappa shape index (κ2) is 6.43. The lowest BCUT2D eigenvalue weighted by molar-refractivity contribution is 0.0746. The molecule has 0 bridgehead atoms. The van der Waals surface area contributed by atoms with Crippen molar-refractivity contribution in [3.63, 3.8) is 0 Å². The van der Waals surface area contributed by atoms with E-state index in [1.54, 1.807) is 41.7 Å². The minimum atomic E-state index is -0.246. The van der Waals surface area contributed by atoms with Gasteiger partial charge in [0.1, 0.15) is 11.3 Å². The molecule has 1 aromatic carbocycles. The number of piperazine rings is 1. The Kier molecular flexibility index (Phi) is 3.97. The van der Waals surface area contributed by atoms with Crippen molar-refractivity contribution in [3.05, 3.63) is 60.3 Å². The molecule has 0 aliphatic carbocycles. The number of halogens is 1. The number of carbonyl (C=O) groups is 1. The molecule has 0 saturated carbocycles. The molecule has 1 saturated heterocycles. The van der Waals surface area contributed by atoms with E-state index in [4.69, 9.17) is 0 Å². The molecule has 4 rings (SSSR count). The van der Waals surface area contributed by atoms with E-state index in [1.165, 1.54) is 12.1 Å². The maximum atomic E-state index is 13.0. The first-order chi connectivity index (χ1) is 12.2. The Morgan fingerprint density at radius 3 is 2.44 bits per heavy atom. The van der Waals surface area contributed by atoms with Crippen molar-refractivity contribution in [1.29, 1.82) is 0 Å². The molecule has 0 atom stereocenters. The van der Waals surface area contributed by atoms with Crippen LogP contribution < -0.4 is 4.90 Å². The third-order valence-electron chi connectivity index (χ3n) is 4.33. The lowest BCUT2D eigenvalue weighted by atomic mass is 10.2. The zero-order chi connectivity index (χ0) is 17.2. The maximum Gasteiger partial charge on any atom is 0.255 e. The number of hydrogen-bond acceptors (Lipinski definition) is 5. The molecule has 1 aliphatic heterocycles. The van der Waals surface area contributed by atoms with Crippen molar-refractivity contribution < 1.29 is 9.18 Å². The van der Waals surface area contributed by atoms with Gasteiger partial charge in [-0.2, -0.15) is 0 Å². The van der Waals surface area contributed by atoms with Crippen LogP contribution in [0.2, 0.25) is 0 Å². The lowest BCUT2D eigenvalue weighted by Gasteiger charge is -2.36. The van der Waals surface area contributed by atoms with Crippen LogP contribution in [-0.4, -0.2) is 51.9 Å². The van der Waals surface area contributed by atoms with Gasteiger partial charge in [0.15, 0.2) is 5.65 Å². The molecule has 1 fully saturated rings. The van der Waals surface area contributed by atoms with Gasteiger partial charge in [0, 0.05) is 50.5 Å². The molecule has 3 heterocycles. The minimum absolute atomic E-state index is 0.0567. The van der Waals surface area contributed by atoms with Gasteiger partial charge in [-0.15, -0.1) is 0 Å². The minimum Gasteiger partial charge on any atom is -0.368 e. The number of rotatable bonds is 2. The molecule has 1 amide bonds. The zero-order valence-corrected chi connectivity index (χ0v) is 13.5. The number of hydrogen-bond donors (Lipinski definition) is 0. The van der Waals surface area contributed by atoms with Crippen molar-refractivity contribution in [2.45, 2.75) is 0 Å². The predicted molar refractivity (Wildman–Crippen MR) is 91.8 cm³/mol. The summed E-state index contributed by atoms with van der Waals surface area (Å²) < 4.78 is 13.0. The van der Waals surface area contributed by atoms with Crippen molar-refractivity contribution in [3.8, 4) is 0 Å². The average Bonchev–Trinajstić information content (AvgIpc) is 2.68.